The molecule has 67 heavy (non-hydrogen) atoms. The van der Waals surface area contributed by atoms with Crippen LogP contribution in [0, 0.1) is 0 Å². The molecule has 340 valence electrons. The van der Waals surface area contributed by atoms with Crippen molar-refractivity contribution in [3.05, 3.63) is 168 Å². The van der Waals surface area contributed by atoms with Crippen LogP contribution >= 0.6 is 12.6 Å². The third-order valence-electron chi connectivity index (χ3n) is 12.2. The molecule has 6 aromatic rings. The molecule has 10 rings (SSSR count). The number of anilines is 2. The number of carbonyl (C=O) groups excluding carboxylic acids is 2. The molecule has 0 aliphatic carbocycles. The summed E-state index contributed by atoms with van der Waals surface area (Å²) in [5.74, 6) is 4.15. The minimum atomic E-state index is -1.05. The van der Waals surface area contributed by atoms with Gasteiger partial charge in [-0.2, -0.15) is 12.6 Å². The van der Waals surface area contributed by atoms with Gasteiger partial charge in [-0.1, -0.05) is 60.7 Å². The summed E-state index contributed by atoms with van der Waals surface area (Å²) in [7, 11) is 3.06. The molecule has 0 spiro atoms. The molecule has 0 radical (unpaired) electrons. The van der Waals surface area contributed by atoms with E-state index in [0.29, 0.717) is 70.5 Å². The van der Waals surface area contributed by atoms with E-state index in [9.17, 15) is 14.7 Å². The first-order valence-electron chi connectivity index (χ1n) is 22.0. The Morgan fingerprint density at radius 1 is 0.567 bits per heavy atom. The number of amides is 2. The third kappa shape index (κ3) is 8.93. The number of aliphatic hydroxyl groups is 1. The number of nitrogens with zero attached hydrogens (tertiary/aromatic N) is 2. The minimum absolute atomic E-state index is 0.169. The van der Waals surface area contributed by atoms with Crippen molar-refractivity contribution in [1.82, 2.24) is 9.80 Å². The van der Waals surface area contributed by atoms with Gasteiger partial charge < -0.3 is 54.0 Å². The molecule has 4 heterocycles. The highest BCUT2D eigenvalue weighted by Crippen LogP contribution is 2.43. The van der Waals surface area contributed by atoms with Gasteiger partial charge >= 0.3 is 0 Å². The van der Waals surface area contributed by atoms with E-state index in [1.807, 2.05) is 115 Å². The molecule has 0 aromatic heterocycles. The zero-order valence-electron chi connectivity index (χ0n) is 36.8. The summed E-state index contributed by atoms with van der Waals surface area (Å²) in [6.45, 7) is 0.513. The topological polar surface area (TPSA) is 140 Å². The molecule has 14 heteroatoms. The number of nitrogens with one attached hydrogen (secondary N) is 2. The summed E-state index contributed by atoms with van der Waals surface area (Å²) in [6, 6.07) is 40.8. The van der Waals surface area contributed by atoms with Crippen LogP contribution in [-0.4, -0.2) is 77.8 Å². The van der Waals surface area contributed by atoms with Crippen LogP contribution in [0.5, 0.6) is 46.0 Å². The molecule has 2 amide bonds. The number of hydrogen-bond acceptors (Lipinski definition) is 12. The van der Waals surface area contributed by atoms with Crippen LogP contribution in [0.25, 0.3) is 11.1 Å². The van der Waals surface area contributed by atoms with Gasteiger partial charge in [0, 0.05) is 31.0 Å². The van der Waals surface area contributed by atoms with Crippen molar-refractivity contribution >= 4 is 47.0 Å². The minimum Gasteiger partial charge on any atom is -0.493 e. The second-order valence-corrected chi connectivity index (χ2v) is 17.0. The molecule has 4 atom stereocenters. The highest BCUT2D eigenvalue weighted by Gasteiger charge is 2.41. The maximum atomic E-state index is 14.1. The van der Waals surface area contributed by atoms with E-state index >= 15 is 0 Å². The predicted molar refractivity (Wildman–Crippen MR) is 259 cm³/mol. The lowest BCUT2D eigenvalue weighted by Crippen LogP contribution is -2.42. The fraction of sp³-hybridized carbons (Fsp3) is 0.208. The van der Waals surface area contributed by atoms with Gasteiger partial charge in [0.25, 0.3) is 11.8 Å². The Hall–Kier alpha value is -7.55. The van der Waals surface area contributed by atoms with Crippen molar-refractivity contribution < 1.29 is 43.1 Å². The first kappa shape index (κ1) is 43.3. The average Bonchev–Trinajstić information content (AvgIpc) is 3.98. The number of fused-ring (bicyclic) bond motifs is 4. The Balaban J connectivity index is 0.768. The number of rotatable bonds is 14. The molecular formula is C53H48N4O9S. The van der Waals surface area contributed by atoms with E-state index in [1.165, 1.54) is 14.2 Å². The first-order valence-corrected chi connectivity index (χ1v) is 22.6. The lowest BCUT2D eigenvalue weighted by Gasteiger charge is -2.25. The van der Waals surface area contributed by atoms with Crippen LogP contribution in [0.4, 0.5) is 11.4 Å². The van der Waals surface area contributed by atoms with Crippen LogP contribution in [-0.2, 0) is 0 Å². The van der Waals surface area contributed by atoms with Gasteiger partial charge in [-0.3, -0.25) is 9.59 Å². The summed E-state index contributed by atoms with van der Waals surface area (Å²) < 4.78 is 35.7. The zero-order chi connectivity index (χ0) is 46.0. The largest absolute Gasteiger partial charge is 0.493 e. The van der Waals surface area contributed by atoms with Gasteiger partial charge in [0.1, 0.15) is 29.2 Å². The summed E-state index contributed by atoms with van der Waals surface area (Å²) in [5, 5.41) is 17.6. The van der Waals surface area contributed by atoms with E-state index in [0.717, 1.165) is 39.5 Å². The van der Waals surface area contributed by atoms with E-state index in [-0.39, 0.29) is 36.4 Å². The van der Waals surface area contributed by atoms with Crippen LogP contribution in [0.3, 0.4) is 0 Å². The van der Waals surface area contributed by atoms with E-state index in [4.69, 9.17) is 41.0 Å². The van der Waals surface area contributed by atoms with Crippen molar-refractivity contribution in [2.75, 3.05) is 38.1 Å². The van der Waals surface area contributed by atoms with Gasteiger partial charge in [-0.05, 0) is 95.8 Å². The fourth-order valence-electron chi connectivity index (χ4n) is 8.80. The Morgan fingerprint density at radius 2 is 1.00 bits per heavy atom. The highest BCUT2D eigenvalue weighted by atomic mass is 32.1. The summed E-state index contributed by atoms with van der Waals surface area (Å²) in [6.07, 6.45) is 4.20. The molecule has 0 saturated heterocycles. The van der Waals surface area contributed by atoms with Crippen LogP contribution in [0.1, 0.15) is 51.1 Å². The Bertz CT molecular complexity index is 2660. The lowest BCUT2D eigenvalue weighted by molar-refractivity contribution is 0.0644. The maximum Gasteiger partial charge on any atom is 0.260 e. The number of benzene rings is 6. The van der Waals surface area contributed by atoms with Gasteiger partial charge in [0.15, 0.2) is 23.0 Å². The Morgan fingerprint density at radius 3 is 1.48 bits per heavy atom. The highest BCUT2D eigenvalue weighted by molar-refractivity contribution is 7.81. The smallest absolute Gasteiger partial charge is 0.260 e. The number of ether oxygens (including phenoxy) is 6. The molecule has 0 fully saturated rings. The van der Waals surface area contributed by atoms with Gasteiger partial charge in [-0.25, -0.2) is 0 Å². The molecule has 13 nitrogen and oxygen atoms in total. The quantitative estimate of drug-likeness (QED) is 0.0613. The van der Waals surface area contributed by atoms with Gasteiger partial charge in [-0.15, -0.1) is 0 Å². The predicted octanol–water partition coefficient (Wildman–Crippen LogP) is 10.1. The molecule has 4 aliphatic rings. The van der Waals surface area contributed by atoms with Crippen molar-refractivity contribution in [3.63, 3.8) is 0 Å². The average molecular weight is 917 g/mol. The third-order valence-corrected chi connectivity index (χ3v) is 12.7. The second-order valence-electron chi connectivity index (χ2n) is 16.5. The number of methoxy groups -OCH3 is 2. The fourth-order valence-corrected chi connectivity index (χ4v) is 9.19. The van der Waals surface area contributed by atoms with Crippen molar-refractivity contribution in [3.8, 4) is 46.0 Å². The molecule has 3 N–H and O–H groups in total. The standard InChI is InChI=1S/C53H48N4O9S/c1-61-46-26-40-42(54-50(58)44-24-34(30-56(44)52(40)59)32-14-18-38(19-15-32)65-36-10-5-3-6-11-36)28-48(46)63-22-9-23-64-49-29-43-41(27-47(49)62-2)53(60)57-31-35(25-45(57)51(67)55-43)33-16-20-39(21-17-33)66-37-12-7-4-8-13-37/h3-8,10-21,26-31,44-45,50-51,54-55,58,67H,9,22-25H2,1-2H3/t44-,45-,50?,51?/m0/s1. The monoisotopic (exact) mass is 916 g/mol. The summed E-state index contributed by atoms with van der Waals surface area (Å²) >= 11 is 4.92. The van der Waals surface area contributed by atoms with Gasteiger partial charge in [0.2, 0.25) is 0 Å². The van der Waals surface area contributed by atoms with E-state index < -0.39 is 12.3 Å². The van der Waals surface area contributed by atoms with Gasteiger partial charge in [0.05, 0.1) is 67.4 Å². The van der Waals surface area contributed by atoms with E-state index in [1.54, 1.807) is 40.3 Å². The molecule has 4 aliphatic heterocycles. The second kappa shape index (κ2) is 18.7. The van der Waals surface area contributed by atoms with Crippen molar-refractivity contribution in [2.45, 2.75) is 42.9 Å². The molecule has 0 bridgehead atoms. The van der Waals surface area contributed by atoms with Crippen molar-refractivity contribution in [2.24, 2.45) is 0 Å². The first-order chi connectivity index (χ1) is 32.7. The van der Waals surface area contributed by atoms with Crippen LogP contribution in [0.15, 0.2) is 146 Å². The lowest BCUT2D eigenvalue weighted by atomic mass is 10.0. The Kier molecular flexibility index (Phi) is 12.1. The SMILES string of the molecule is COc1cc2c(cc1OCCCOc1cc3c(cc1OC)C(=O)N1C=C(c4ccc(Oc5ccccc5)cc4)C[C@H]1C(S)N3)NC(O)[C@@H]1CC(c3ccc(Oc4ccccc4)cc3)=CN1C2=O. The number of carbonyl (C=O) groups is 2. The number of hydrogen-bond donors (Lipinski definition) is 4. The maximum absolute atomic E-state index is 14.1. The summed E-state index contributed by atoms with van der Waals surface area (Å²) in [5.41, 5.74) is 5.70. The molecular weight excluding hydrogens is 869 g/mol. The number of para-hydroxylation sites is 2. The Labute approximate surface area is 393 Å². The summed E-state index contributed by atoms with van der Waals surface area (Å²) in [4.78, 5) is 31.5. The molecule has 0 saturated carbocycles. The molecule has 6 aromatic carbocycles. The van der Waals surface area contributed by atoms with Crippen molar-refractivity contribution in [1.29, 1.82) is 0 Å². The van der Waals surface area contributed by atoms with Crippen LogP contribution < -0.4 is 39.1 Å². The zero-order valence-corrected chi connectivity index (χ0v) is 37.7. The normalized spacial score (nSPS) is 19.2. The number of thiol groups is 1. The molecule has 2 unspecified atom stereocenters. The van der Waals surface area contributed by atoms with Crippen LogP contribution in [0.2, 0.25) is 0 Å². The van der Waals surface area contributed by atoms with E-state index in [2.05, 4.69) is 10.6 Å². The number of aliphatic hydroxyl groups excluding tert-OH is 1.